The minimum Gasteiger partial charge on any atom is -0.496 e. The van der Waals surface area contributed by atoms with Gasteiger partial charge in [-0.15, -0.1) is 11.3 Å². The van der Waals surface area contributed by atoms with Gasteiger partial charge in [0.25, 0.3) is 5.56 Å². The van der Waals surface area contributed by atoms with Crippen molar-refractivity contribution in [1.29, 1.82) is 0 Å². The molecule has 0 aliphatic rings. The molecule has 7 nitrogen and oxygen atoms in total. The van der Waals surface area contributed by atoms with Gasteiger partial charge in [-0.25, -0.2) is 9.66 Å². The molecule has 5 aromatic rings. The highest BCUT2D eigenvalue weighted by Crippen LogP contribution is 2.35. The van der Waals surface area contributed by atoms with Crippen molar-refractivity contribution in [3.8, 4) is 16.9 Å². The molecule has 0 unspecified atom stereocenters. The number of aromatic amines is 1. The number of benzene rings is 2. The molecule has 160 valence electrons. The Hall–Kier alpha value is -3.91. The largest absolute Gasteiger partial charge is 0.496 e. The van der Waals surface area contributed by atoms with Gasteiger partial charge >= 0.3 is 0 Å². The topological polar surface area (TPSA) is 89.0 Å². The number of carbonyl (C=O) groups excluding carboxylic acids is 1. The molecule has 0 saturated carbocycles. The first-order chi connectivity index (χ1) is 15.6. The lowest BCUT2D eigenvalue weighted by atomic mass is 10.0. The van der Waals surface area contributed by atoms with E-state index in [2.05, 4.69) is 15.4 Å². The highest BCUT2D eigenvalue weighted by molar-refractivity contribution is 7.19. The molecule has 5 rings (SSSR count). The van der Waals surface area contributed by atoms with E-state index in [0.29, 0.717) is 16.0 Å². The number of fused-ring (bicyclic) bond motifs is 2. The molecule has 1 amide bonds. The first kappa shape index (κ1) is 20.0. The SMILES string of the molecule is COc1cccc2[nH]cc(CC(=O)Nn3cnc4sc(C)c(-c5ccccc5)c4c3=O)c12. The van der Waals surface area contributed by atoms with Crippen molar-refractivity contribution in [2.24, 2.45) is 0 Å². The lowest BCUT2D eigenvalue weighted by Crippen LogP contribution is -2.34. The fourth-order valence-electron chi connectivity index (χ4n) is 4.01. The van der Waals surface area contributed by atoms with Crippen molar-refractivity contribution < 1.29 is 9.53 Å². The van der Waals surface area contributed by atoms with Gasteiger partial charge in [0.15, 0.2) is 0 Å². The first-order valence-electron chi connectivity index (χ1n) is 10.1. The van der Waals surface area contributed by atoms with Crippen LogP contribution in [0.3, 0.4) is 0 Å². The third-order valence-electron chi connectivity index (χ3n) is 5.42. The standard InChI is InChI=1S/C24H20N4O3S/c1-14-20(15-7-4-3-5-8-15)22-23(32-14)26-13-28(24(22)30)27-19(29)11-16-12-25-17-9-6-10-18(31-2)21(16)17/h3-10,12-13,25H,11H2,1-2H3,(H,27,29). The maximum atomic E-state index is 13.3. The maximum absolute atomic E-state index is 13.3. The number of hydrogen-bond acceptors (Lipinski definition) is 5. The lowest BCUT2D eigenvalue weighted by Gasteiger charge is -2.09. The van der Waals surface area contributed by atoms with E-state index in [1.807, 2.05) is 55.5 Å². The number of carbonyl (C=O) groups is 1. The van der Waals surface area contributed by atoms with E-state index < -0.39 is 0 Å². The molecule has 0 bridgehead atoms. The third-order valence-corrected chi connectivity index (χ3v) is 6.43. The second-order valence-corrected chi connectivity index (χ2v) is 8.61. The number of aryl methyl sites for hydroxylation is 1. The van der Waals surface area contributed by atoms with Crippen LogP contribution >= 0.6 is 11.3 Å². The summed E-state index contributed by atoms with van der Waals surface area (Å²) in [7, 11) is 1.60. The van der Waals surface area contributed by atoms with Crippen LogP contribution in [0.4, 0.5) is 0 Å². The van der Waals surface area contributed by atoms with E-state index in [4.69, 9.17) is 4.74 Å². The Labute approximate surface area is 187 Å². The average molecular weight is 445 g/mol. The minimum absolute atomic E-state index is 0.0824. The summed E-state index contributed by atoms with van der Waals surface area (Å²) in [6.45, 7) is 1.97. The normalized spacial score (nSPS) is 11.2. The molecule has 2 N–H and O–H groups in total. The molecule has 0 aliphatic heterocycles. The summed E-state index contributed by atoms with van der Waals surface area (Å²) in [5.41, 5.74) is 5.85. The molecule has 0 spiro atoms. The number of aromatic nitrogens is 3. The van der Waals surface area contributed by atoms with Crippen LogP contribution in [-0.2, 0) is 11.2 Å². The van der Waals surface area contributed by atoms with Crippen LogP contribution in [0.15, 0.2) is 65.8 Å². The molecule has 3 heterocycles. The summed E-state index contributed by atoms with van der Waals surface area (Å²) < 4.78 is 6.60. The van der Waals surface area contributed by atoms with E-state index in [-0.39, 0.29) is 17.9 Å². The van der Waals surface area contributed by atoms with Crippen molar-refractivity contribution in [1.82, 2.24) is 14.6 Å². The number of nitrogens with one attached hydrogen (secondary N) is 2. The minimum atomic E-state index is -0.326. The van der Waals surface area contributed by atoms with Gasteiger partial charge in [-0.05, 0) is 30.2 Å². The Bertz CT molecular complexity index is 1520. The second-order valence-electron chi connectivity index (χ2n) is 7.41. The zero-order chi connectivity index (χ0) is 22.2. The zero-order valence-corrected chi connectivity index (χ0v) is 18.3. The summed E-state index contributed by atoms with van der Waals surface area (Å²) in [6, 6.07) is 15.4. The van der Waals surface area contributed by atoms with Crippen LogP contribution in [0.25, 0.3) is 32.2 Å². The second kappa shape index (κ2) is 7.97. The van der Waals surface area contributed by atoms with Crippen LogP contribution in [0.5, 0.6) is 5.75 Å². The van der Waals surface area contributed by atoms with Gasteiger partial charge < -0.3 is 9.72 Å². The molecule has 8 heteroatoms. The molecular weight excluding hydrogens is 424 g/mol. The van der Waals surface area contributed by atoms with E-state index >= 15 is 0 Å². The van der Waals surface area contributed by atoms with E-state index in [0.717, 1.165) is 37.1 Å². The van der Waals surface area contributed by atoms with Gasteiger partial charge in [-0.2, -0.15) is 0 Å². The van der Waals surface area contributed by atoms with Gasteiger partial charge in [0.1, 0.15) is 16.9 Å². The molecule has 0 fully saturated rings. The van der Waals surface area contributed by atoms with Gasteiger partial charge in [0.05, 0.1) is 18.9 Å². The van der Waals surface area contributed by atoms with Crippen LogP contribution in [-0.4, -0.2) is 27.7 Å². The molecule has 0 radical (unpaired) electrons. The smallest absolute Gasteiger partial charge is 0.281 e. The molecule has 32 heavy (non-hydrogen) atoms. The van der Waals surface area contributed by atoms with E-state index in [9.17, 15) is 9.59 Å². The fraction of sp³-hybridized carbons (Fsp3) is 0.125. The van der Waals surface area contributed by atoms with Crippen molar-refractivity contribution in [3.63, 3.8) is 0 Å². The fourth-order valence-corrected chi connectivity index (χ4v) is 5.01. The maximum Gasteiger partial charge on any atom is 0.281 e. The third kappa shape index (κ3) is 3.34. The average Bonchev–Trinajstić information content (AvgIpc) is 3.37. The molecule has 2 aromatic carbocycles. The quantitative estimate of drug-likeness (QED) is 0.424. The van der Waals surface area contributed by atoms with E-state index in [1.165, 1.54) is 17.7 Å². The predicted octanol–water partition coefficient (Wildman–Crippen LogP) is 4.24. The lowest BCUT2D eigenvalue weighted by molar-refractivity contribution is -0.116. The van der Waals surface area contributed by atoms with Gasteiger partial charge in [-0.3, -0.25) is 15.0 Å². The first-order valence-corrected chi connectivity index (χ1v) is 10.9. The number of thiophene rings is 1. The monoisotopic (exact) mass is 444 g/mol. The van der Waals surface area contributed by atoms with Crippen LogP contribution in [0, 0.1) is 6.92 Å². The highest BCUT2D eigenvalue weighted by Gasteiger charge is 2.18. The van der Waals surface area contributed by atoms with Crippen molar-refractivity contribution in [2.75, 3.05) is 12.5 Å². The summed E-state index contributed by atoms with van der Waals surface area (Å²) >= 11 is 1.47. The predicted molar refractivity (Wildman–Crippen MR) is 127 cm³/mol. The number of nitrogens with zero attached hydrogens (tertiary/aromatic N) is 2. The van der Waals surface area contributed by atoms with Crippen molar-refractivity contribution in [3.05, 3.63) is 81.8 Å². The van der Waals surface area contributed by atoms with Gasteiger partial charge in [0, 0.05) is 27.5 Å². The highest BCUT2D eigenvalue weighted by atomic mass is 32.1. The molecule has 0 aliphatic carbocycles. The number of rotatable bonds is 5. The summed E-state index contributed by atoms with van der Waals surface area (Å²) in [5, 5.41) is 1.36. The molecular formula is C24H20N4O3S. The van der Waals surface area contributed by atoms with Crippen molar-refractivity contribution >= 4 is 38.4 Å². The van der Waals surface area contributed by atoms with Gasteiger partial charge in [0.2, 0.25) is 5.91 Å². The van der Waals surface area contributed by atoms with Crippen LogP contribution < -0.4 is 15.7 Å². The summed E-state index contributed by atoms with van der Waals surface area (Å²) in [6.07, 6.45) is 3.23. The molecule has 0 saturated heterocycles. The van der Waals surface area contributed by atoms with Crippen molar-refractivity contribution in [2.45, 2.75) is 13.3 Å². The molecule has 0 atom stereocenters. The van der Waals surface area contributed by atoms with Crippen LogP contribution in [0.1, 0.15) is 10.4 Å². The number of methoxy groups -OCH3 is 1. The summed E-state index contributed by atoms with van der Waals surface area (Å²) in [4.78, 5) is 35.3. The number of hydrogen-bond donors (Lipinski definition) is 2. The Morgan fingerprint density at radius 1 is 1.16 bits per heavy atom. The van der Waals surface area contributed by atoms with Gasteiger partial charge in [-0.1, -0.05) is 36.4 Å². The van der Waals surface area contributed by atoms with Crippen LogP contribution in [0.2, 0.25) is 0 Å². The molecule has 3 aromatic heterocycles. The zero-order valence-electron chi connectivity index (χ0n) is 17.5. The number of H-pyrrole nitrogens is 1. The number of amides is 1. The Morgan fingerprint density at radius 3 is 2.75 bits per heavy atom. The van der Waals surface area contributed by atoms with E-state index in [1.54, 1.807) is 13.3 Å². The number of ether oxygens (including phenoxy) is 1. The summed E-state index contributed by atoms with van der Waals surface area (Å²) in [5.74, 6) is 0.362. The Morgan fingerprint density at radius 2 is 1.97 bits per heavy atom. The Balaban J connectivity index is 1.49. The Kier molecular flexibility index (Phi) is 4.99.